The summed E-state index contributed by atoms with van der Waals surface area (Å²) in [7, 11) is 0. The van der Waals surface area contributed by atoms with Gasteiger partial charge in [-0.15, -0.1) is 0 Å². The average Bonchev–Trinajstić information content (AvgIpc) is 3.36. The number of para-hydroxylation sites is 1. The van der Waals surface area contributed by atoms with Crippen LogP contribution in [-0.4, -0.2) is 23.1 Å². The van der Waals surface area contributed by atoms with E-state index in [4.69, 9.17) is 9.15 Å². The minimum absolute atomic E-state index is 0.331. The van der Waals surface area contributed by atoms with Gasteiger partial charge in [0, 0.05) is 17.1 Å². The number of nitrogens with zero attached hydrogens (tertiary/aromatic N) is 1. The predicted octanol–water partition coefficient (Wildman–Crippen LogP) is 4.67. The van der Waals surface area contributed by atoms with Crippen molar-refractivity contribution in [3.63, 3.8) is 0 Å². The molecule has 0 aliphatic carbocycles. The van der Waals surface area contributed by atoms with E-state index in [1.165, 1.54) is 0 Å². The fraction of sp³-hybridized carbons (Fsp3) is 0.333. The Morgan fingerprint density at radius 3 is 2.37 bits per heavy atom. The van der Waals surface area contributed by atoms with Gasteiger partial charge in [-0.2, -0.15) is 0 Å². The number of aromatic nitrogens is 1. The molecule has 0 spiro atoms. The van der Waals surface area contributed by atoms with Crippen LogP contribution in [0.25, 0.3) is 0 Å². The molecule has 0 radical (unpaired) electrons. The van der Waals surface area contributed by atoms with Crippen LogP contribution in [0, 0.1) is 13.8 Å². The Morgan fingerprint density at radius 2 is 1.77 bits per heavy atom. The maximum atomic E-state index is 12.6. The monoisotopic (exact) mass is 408 g/mol. The smallest absolute Gasteiger partial charge is 0.340 e. The third kappa shape index (κ3) is 4.64. The Hall–Kier alpha value is -3.28. The van der Waals surface area contributed by atoms with E-state index in [1.54, 1.807) is 12.3 Å². The first-order chi connectivity index (χ1) is 14.4. The first-order valence-corrected chi connectivity index (χ1v) is 10.2. The van der Waals surface area contributed by atoms with Crippen LogP contribution in [0.15, 0.2) is 47.1 Å². The summed E-state index contributed by atoms with van der Waals surface area (Å²) in [6.07, 6.45) is 3.24. The number of ether oxygens (including phenoxy) is 1. The molecule has 1 amide bonds. The number of anilines is 1. The van der Waals surface area contributed by atoms with E-state index in [0.29, 0.717) is 12.1 Å². The molecule has 1 N–H and O–H groups in total. The highest BCUT2D eigenvalue weighted by Gasteiger charge is 2.19. The van der Waals surface area contributed by atoms with E-state index in [0.717, 1.165) is 46.8 Å². The number of carbonyl (C=O) groups is 2. The molecule has 30 heavy (non-hydrogen) atoms. The summed E-state index contributed by atoms with van der Waals surface area (Å²) in [6.45, 7) is 8.07. The van der Waals surface area contributed by atoms with Crippen molar-refractivity contribution in [2.45, 2.75) is 47.1 Å². The summed E-state index contributed by atoms with van der Waals surface area (Å²) in [5.41, 5.74) is 5.10. The van der Waals surface area contributed by atoms with Gasteiger partial charge in [0.2, 0.25) is 0 Å². The number of benzene rings is 1. The zero-order chi connectivity index (χ0) is 21.7. The molecule has 3 aromatic rings. The lowest BCUT2D eigenvalue weighted by molar-refractivity contribution is -0.119. The third-order valence-corrected chi connectivity index (χ3v) is 5.29. The predicted molar refractivity (Wildman–Crippen MR) is 116 cm³/mol. The van der Waals surface area contributed by atoms with Crippen LogP contribution in [0.2, 0.25) is 0 Å². The van der Waals surface area contributed by atoms with E-state index >= 15 is 0 Å². The standard InChI is InChI=1S/C24H28N2O4/c1-5-18-9-7-10-19(6-2)23(18)25-22(27)15-30-24(28)21-13-16(3)26(17(21)4)14-20-11-8-12-29-20/h7-13H,5-6,14-15H2,1-4H3,(H,25,27). The number of esters is 1. The van der Waals surface area contributed by atoms with Crippen molar-refractivity contribution in [3.05, 3.63) is 76.5 Å². The number of amides is 1. The average molecular weight is 408 g/mol. The van der Waals surface area contributed by atoms with Crippen LogP contribution < -0.4 is 5.32 Å². The van der Waals surface area contributed by atoms with E-state index < -0.39 is 5.97 Å². The van der Waals surface area contributed by atoms with Crippen LogP contribution in [0.5, 0.6) is 0 Å². The number of aryl methyl sites for hydroxylation is 3. The molecular weight excluding hydrogens is 380 g/mol. The van der Waals surface area contributed by atoms with Gasteiger partial charge in [-0.25, -0.2) is 4.79 Å². The Bertz CT molecular complexity index is 1010. The Morgan fingerprint density at radius 1 is 1.07 bits per heavy atom. The molecule has 0 saturated carbocycles. The second-order valence-electron chi connectivity index (χ2n) is 7.23. The molecule has 0 aliphatic rings. The summed E-state index contributed by atoms with van der Waals surface area (Å²) in [5.74, 6) is -0.0517. The third-order valence-electron chi connectivity index (χ3n) is 5.29. The highest BCUT2D eigenvalue weighted by Crippen LogP contribution is 2.23. The van der Waals surface area contributed by atoms with Crippen molar-refractivity contribution in [2.24, 2.45) is 0 Å². The zero-order valence-corrected chi connectivity index (χ0v) is 18.0. The topological polar surface area (TPSA) is 73.5 Å². The van der Waals surface area contributed by atoms with Crippen LogP contribution in [0.1, 0.15) is 52.5 Å². The van der Waals surface area contributed by atoms with Crippen LogP contribution in [0.4, 0.5) is 5.69 Å². The molecule has 158 valence electrons. The summed E-state index contributed by atoms with van der Waals surface area (Å²) in [4.78, 5) is 25.0. The molecule has 3 rings (SSSR count). The minimum Gasteiger partial charge on any atom is -0.467 e. The maximum absolute atomic E-state index is 12.6. The second-order valence-corrected chi connectivity index (χ2v) is 7.23. The Labute approximate surface area is 176 Å². The Balaban J connectivity index is 1.66. The SMILES string of the molecule is CCc1cccc(CC)c1NC(=O)COC(=O)c1cc(C)n(Cc2ccco2)c1C. The largest absolute Gasteiger partial charge is 0.467 e. The first-order valence-electron chi connectivity index (χ1n) is 10.2. The zero-order valence-electron chi connectivity index (χ0n) is 18.0. The number of nitrogens with one attached hydrogen (secondary N) is 1. The quantitative estimate of drug-likeness (QED) is 0.550. The number of carbonyl (C=O) groups excluding carboxylic acids is 2. The van der Waals surface area contributed by atoms with E-state index in [9.17, 15) is 9.59 Å². The number of hydrogen-bond acceptors (Lipinski definition) is 4. The van der Waals surface area contributed by atoms with Gasteiger partial charge in [0.15, 0.2) is 6.61 Å². The van der Waals surface area contributed by atoms with Crippen molar-refractivity contribution in [2.75, 3.05) is 11.9 Å². The number of rotatable bonds is 8. The molecule has 0 aliphatic heterocycles. The summed E-state index contributed by atoms with van der Waals surface area (Å²) < 4.78 is 12.7. The van der Waals surface area contributed by atoms with Crippen molar-refractivity contribution in [1.29, 1.82) is 0 Å². The first kappa shape index (κ1) is 21.4. The van der Waals surface area contributed by atoms with Gasteiger partial charge in [0.05, 0.1) is 18.4 Å². The van der Waals surface area contributed by atoms with Crippen molar-refractivity contribution >= 4 is 17.6 Å². The normalized spacial score (nSPS) is 10.8. The highest BCUT2D eigenvalue weighted by molar-refractivity contribution is 5.97. The summed E-state index contributed by atoms with van der Waals surface area (Å²) in [5, 5.41) is 2.91. The van der Waals surface area contributed by atoms with Crippen LogP contribution >= 0.6 is 0 Å². The Kier molecular flexibility index (Phi) is 6.77. The molecule has 1 aromatic carbocycles. The molecule has 6 nitrogen and oxygen atoms in total. The van der Waals surface area contributed by atoms with Crippen molar-refractivity contribution in [3.8, 4) is 0 Å². The molecule has 0 fully saturated rings. The lowest BCUT2D eigenvalue weighted by Gasteiger charge is -2.14. The van der Waals surface area contributed by atoms with E-state index in [-0.39, 0.29) is 12.5 Å². The molecule has 0 unspecified atom stereocenters. The molecule has 2 heterocycles. The lowest BCUT2D eigenvalue weighted by atomic mass is 10.0. The molecule has 0 saturated heterocycles. The van der Waals surface area contributed by atoms with Gasteiger partial charge in [-0.1, -0.05) is 32.0 Å². The van der Waals surface area contributed by atoms with E-state index in [1.807, 2.05) is 62.6 Å². The summed E-state index contributed by atoms with van der Waals surface area (Å²) in [6, 6.07) is 11.5. The fourth-order valence-electron chi connectivity index (χ4n) is 3.60. The summed E-state index contributed by atoms with van der Waals surface area (Å²) >= 11 is 0. The number of furan rings is 1. The van der Waals surface area contributed by atoms with Gasteiger partial charge in [-0.05, 0) is 56.0 Å². The maximum Gasteiger partial charge on any atom is 0.340 e. The van der Waals surface area contributed by atoms with Gasteiger partial charge >= 0.3 is 5.97 Å². The van der Waals surface area contributed by atoms with Crippen molar-refractivity contribution in [1.82, 2.24) is 4.57 Å². The molecule has 2 aromatic heterocycles. The molecule has 0 atom stereocenters. The van der Waals surface area contributed by atoms with Crippen LogP contribution in [0.3, 0.4) is 0 Å². The van der Waals surface area contributed by atoms with Crippen molar-refractivity contribution < 1.29 is 18.7 Å². The number of hydrogen-bond donors (Lipinski definition) is 1. The fourth-order valence-corrected chi connectivity index (χ4v) is 3.60. The highest BCUT2D eigenvalue weighted by atomic mass is 16.5. The van der Waals surface area contributed by atoms with Crippen LogP contribution in [-0.2, 0) is 28.9 Å². The van der Waals surface area contributed by atoms with Gasteiger partial charge in [0.1, 0.15) is 5.76 Å². The minimum atomic E-state index is -0.511. The van der Waals surface area contributed by atoms with Gasteiger partial charge in [-0.3, -0.25) is 4.79 Å². The molecular formula is C24H28N2O4. The second kappa shape index (κ2) is 9.48. The van der Waals surface area contributed by atoms with Gasteiger partial charge in [0.25, 0.3) is 5.91 Å². The molecule has 6 heteroatoms. The van der Waals surface area contributed by atoms with Gasteiger partial charge < -0.3 is 19.0 Å². The van der Waals surface area contributed by atoms with E-state index in [2.05, 4.69) is 5.32 Å². The molecule has 0 bridgehead atoms. The lowest BCUT2D eigenvalue weighted by Crippen LogP contribution is -2.22.